The van der Waals surface area contributed by atoms with Gasteiger partial charge in [0, 0.05) is 6.54 Å². The summed E-state index contributed by atoms with van der Waals surface area (Å²) < 4.78 is 5.24. The summed E-state index contributed by atoms with van der Waals surface area (Å²) in [5.41, 5.74) is 4.80. The van der Waals surface area contributed by atoms with Gasteiger partial charge in [-0.1, -0.05) is 31.4 Å². The molecule has 5 heteroatoms. The second-order valence-corrected chi connectivity index (χ2v) is 6.15. The largest absolute Gasteiger partial charge is 0.444 e. The van der Waals surface area contributed by atoms with E-state index in [0.717, 1.165) is 5.57 Å². The summed E-state index contributed by atoms with van der Waals surface area (Å²) in [4.78, 5) is 12.0. The topological polar surface area (TPSA) is 84.6 Å². The van der Waals surface area contributed by atoms with Gasteiger partial charge in [-0.3, -0.25) is 0 Å². The number of nitrogens with two attached hydrogens (primary N) is 1. The van der Waals surface area contributed by atoms with Crippen molar-refractivity contribution in [2.45, 2.75) is 51.4 Å². The number of aliphatic hydroxyl groups is 1. The third kappa shape index (κ3) is 7.11. The molecule has 1 amide bonds. The second kappa shape index (κ2) is 8.00. The number of carbonyl (C=O) groups excluding carboxylic acids is 1. The van der Waals surface area contributed by atoms with Crippen LogP contribution in [0.2, 0.25) is 0 Å². The van der Waals surface area contributed by atoms with Gasteiger partial charge in [0.05, 0.1) is 11.6 Å². The molecule has 0 aromatic rings. The monoisotopic (exact) mass is 296 g/mol. The Labute approximate surface area is 127 Å². The maximum Gasteiger partial charge on any atom is 0.408 e. The number of rotatable bonds is 7. The first-order valence-electron chi connectivity index (χ1n) is 6.91. The zero-order valence-electron chi connectivity index (χ0n) is 13.5. The highest BCUT2D eigenvalue weighted by Gasteiger charge is 2.35. The zero-order valence-corrected chi connectivity index (χ0v) is 13.5. The van der Waals surface area contributed by atoms with Crippen molar-refractivity contribution in [2.24, 2.45) is 5.73 Å². The van der Waals surface area contributed by atoms with E-state index in [2.05, 4.69) is 18.5 Å². The van der Waals surface area contributed by atoms with Gasteiger partial charge in [0.2, 0.25) is 0 Å². The maximum absolute atomic E-state index is 12.0. The summed E-state index contributed by atoms with van der Waals surface area (Å²) in [5, 5.41) is 12.9. The molecule has 0 aromatic heterocycles. The highest BCUT2D eigenvalue weighted by Crippen LogP contribution is 2.22. The minimum atomic E-state index is -0.958. The van der Waals surface area contributed by atoms with E-state index < -0.39 is 23.3 Å². The van der Waals surface area contributed by atoms with Crippen molar-refractivity contribution in [3.8, 4) is 0 Å². The van der Waals surface area contributed by atoms with E-state index >= 15 is 0 Å². The van der Waals surface area contributed by atoms with Gasteiger partial charge in [-0.2, -0.15) is 0 Å². The molecule has 0 spiro atoms. The molecule has 0 saturated heterocycles. The number of nitrogens with one attached hydrogen (secondary N) is 1. The fraction of sp³-hybridized carbons (Fsp3) is 0.562. The molecule has 5 nitrogen and oxygen atoms in total. The van der Waals surface area contributed by atoms with E-state index in [4.69, 9.17) is 10.5 Å². The summed E-state index contributed by atoms with van der Waals surface area (Å²) in [6.45, 7) is 14.4. The van der Waals surface area contributed by atoms with Gasteiger partial charge in [-0.05, 0) is 39.7 Å². The molecule has 0 bridgehead atoms. The molecule has 0 aromatic carbocycles. The number of hydrogen-bond acceptors (Lipinski definition) is 4. The summed E-state index contributed by atoms with van der Waals surface area (Å²) in [6, 6.07) is 0. The molecule has 2 atom stereocenters. The molecule has 0 saturated carbocycles. The van der Waals surface area contributed by atoms with Crippen molar-refractivity contribution < 1.29 is 14.6 Å². The molecule has 0 rings (SSSR count). The van der Waals surface area contributed by atoms with E-state index in [1.807, 2.05) is 0 Å². The van der Waals surface area contributed by atoms with Crippen LogP contribution in [0.1, 0.15) is 34.1 Å². The smallest absolute Gasteiger partial charge is 0.408 e. The molecule has 21 heavy (non-hydrogen) atoms. The third-order valence-corrected chi connectivity index (χ3v) is 2.91. The standard InChI is InChI=1S/C16H28N2O3/c1-7-9-12(8-2)10-16(6,13(19)11-17)18-14(20)21-15(3,4)5/h7-9,13,19H,1-2,10-11,17H2,3-6H3,(H,18,20)/b12-9+. The highest BCUT2D eigenvalue weighted by atomic mass is 16.6. The predicted octanol–water partition coefficient (Wildman–Crippen LogP) is 2.28. The zero-order chi connectivity index (χ0) is 16.7. The Bertz CT molecular complexity index is 410. The summed E-state index contributed by atoms with van der Waals surface area (Å²) in [5.74, 6) is 0. The number of aliphatic hydroxyl groups excluding tert-OH is 1. The maximum atomic E-state index is 12.0. The van der Waals surface area contributed by atoms with Crippen LogP contribution >= 0.6 is 0 Å². The van der Waals surface area contributed by atoms with E-state index in [1.54, 1.807) is 45.9 Å². The van der Waals surface area contributed by atoms with Crippen LogP contribution in [0, 0.1) is 0 Å². The normalized spacial score (nSPS) is 16.6. The van der Waals surface area contributed by atoms with E-state index in [9.17, 15) is 9.90 Å². The molecule has 0 heterocycles. The minimum Gasteiger partial charge on any atom is -0.444 e. The van der Waals surface area contributed by atoms with Crippen LogP contribution < -0.4 is 11.1 Å². The van der Waals surface area contributed by atoms with Gasteiger partial charge >= 0.3 is 6.09 Å². The van der Waals surface area contributed by atoms with Crippen LogP contribution in [0.4, 0.5) is 4.79 Å². The number of carbonyl (C=O) groups is 1. The Morgan fingerprint density at radius 2 is 1.95 bits per heavy atom. The number of ether oxygens (including phenoxy) is 1. The van der Waals surface area contributed by atoms with Gasteiger partial charge in [0.25, 0.3) is 0 Å². The van der Waals surface area contributed by atoms with Crippen molar-refractivity contribution >= 4 is 6.09 Å². The van der Waals surface area contributed by atoms with Gasteiger partial charge in [0.1, 0.15) is 5.60 Å². The van der Waals surface area contributed by atoms with Crippen molar-refractivity contribution in [2.75, 3.05) is 6.54 Å². The summed E-state index contributed by atoms with van der Waals surface area (Å²) in [7, 11) is 0. The molecular formula is C16H28N2O3. The minimum absolute atomic E-state index is 0.0187. The number of hydrogen-bond donors (Lipinski definition) is 3. The molecule has 0 aliphatic rings. The van der Waals surface area contributed by atoms with Gasteiger partial charge in [-0.25, -0.2) is 4.79 Å². The van der Waals surface area contributed by atoms with Crippen LogP contribution in [-0.4, -0.2) is 35.0 Å². The molecule has 4 N–H and O–H groups in total. The Kier molecular flexibility index (Phi) is 7.39. The highest BCUT2D eigenvalue weighted by molar-refractivity contribution is 5.69. The summed E-state index contributed by atoms with van der Waals surface area (Å²) >= 11 is 0. The van der Waals surface area contributed by atoms with E-state index in [1.165, 1.54) is 0 Å². The van der Waals surface area contributed by atoms with Gasteiger partial charge in [-0.15, -0.1) is 0 Å². The molecule has 120 valence electrons. The first kappa shape index (κ1) is 19.4. The lowest BCUT2D eigenvalue weighted by molar-refractivity contribution is 0.0276. The quantitative estimate of drug-likeness (QED) is 0.629. The second-order valence-electron chi connectivity index (χ2n) is 6.15. The lowest BCUT2D eigenvalue weighted by atomic mass is 9.86. The van der Waals surface area contributed by atoms with Crippen LogP contribution in [0.5, 0.6) is 0 Å². The Morgan fingerprint density at radius 3 is 2.33 bits per heavy atom. The van der Waals surface area contributed by atoms with Crippen molar-refractivity contribution in [3.63, 3.8) is 0 Å². The van der Waals surface area contributed by atoms with Crippen LogP contribution in [0.25, 0.3) is 0 Å². The average molecular weight is 296 g/mol. The molecular weight excluding hydrogens is 268 g/mol. The average Bonchev–Trinajstić information content (AvgIpc) is 2.34. The number of amides is 1. The van der Waals surface area contributed by atoms with Gasteiger partial charge in [0.15, 0.2) is 0 Å². The molecule has 0 aliphatic carbocycles. The van der Waals surface area contributed by atoms with Crippen LogP contribution in [0.15, 0.2) is 37.0 Å². The van der Waals surface area contributed by atoms with Crippen molar-refractivity contribution in [1.29, 1.82) is 0 Å². The first-order valence-corrected chi connectivity index (χ1v) is 6.91. The lowest BCUT2D eigenvalue weighted by Gasteiger charge is -2.36. The van der Waals surface area contributed by atoms with Crippen LogP contribution in [-0.2, 0) is 4.74 Å². The van der Waals surface area contributed by atoms with Gasteiger partial charge < -0.3 is 20.9 Å². The Balaban J connectivity index is 5.17. The SMILES string of the molecule is C=C/C=C(\C=C)CC(C)(NC(=O)OC(C)(C)C)C(O)CN. The van der Waals surface area contributed by atoms with Crippen molar-refractivity contribution in [3.05, 3.63) is 37.0 Å². The number of alkyl carbamates (subject to hydrolysis) is 1. The first-order chi connectivity index (χ1) is 9.57. The molecule has 2 unspecified atom stereocenters. The third-order valence-electron chi connectivity index (χ3n) is 2.91. The summed E-state index contributed by atoms with van der Waals surface area (Å²) in [6.07, 6.45) is 3.89. The number of allylic oxidation sites excluding steroid dienone is 3. The Morgan fingerprint density at radius 1 is 1.38 bits per heavy atom. The van der Waals surface area contributed by atoms with Crippen molar-refractivity contribution in [1.82, 2.24) is 5.32 Å². The van der Waals surface area contributed by atoms with E-state index in [-0.39, 0.29) is 6.54 Å². The molecule has 0 radical (unpaired) electrons. The fourth-order valence-electron chi connectivity index (χ4n) is 1.82. The Hall–Kier alpha value is -1.59. The fourth-order valence-corrected chi connectivity index (χ4v) is 1.82. The lowest BCUT2D eigenvalue weighted by Crippen LogP contribution is -2.57. The van der Waals surface area contributed by atoms with Crippen LogP contribution in [0.3, 0.4) is 0 Å². The molecule has 0 fully saturated rings. The van der Waals surface area contributed by atoms with E-state index in [0.29, 0.717) is 6.42 Å². The predicted molar refractivity (Wildman–Crippen MR) is 85.9 cm³/mol. The molecule has 0 aliphatic heterocycles.